The molecule has 0 bridgehead atoms. The van der Waals surface area contributed by atoms with E-state index in [1.54, 1.807) is 24.5 Å². The summed E-state index contributed by atoms with van der Waals surface area (Å²) in [4.78, 5) is 41.4. The summed E-state index contributed by atoms with van der Waals surface area (Å²) in [5, 5.41) is 19.3. The molecular weight excluding hydrogens is 528 g/mol. The topological polar surface area (TPSA) is 126 Å². The SMILES string of the molecule is O=C(O)c1ccc(-c2ccc(C(=O)O)cc2C#Cc2cnc3ccccc3n2)c(C#Cc2cnc3ccccc3n2)c1. The molecule has 4 aromatic carbocycles. The molecule has 6 aromatic rings. The van der Waals surface area contributed by atoms with E-state index < -0.39 is 11.9 Å². The predicted octanol–water partition coefficient (Wildman–Crippen LogP) is 5.44. The third-order valence-electron chi connectivity index (χ3n) is 6.37. The molecule has 6 rings (SSSR count). The van der Waals surface area contributed by atoms with Crippen molar-refractivity contribution in [2.75, 3.05) is 0 Å². The number of aromatic carboxylic acids is 2. The summed E-state index contributed by atoms with van der Waals surface area (Å²) >= 11 is 0. The molecule has 8 nitrogen and oxygen atoms in total. The molecule has 0 aliphatic carbocycles. The van der Waals surface area contributed by atoms with Crippen LogP contribution in [0.25, 0.3) is 33.2 Å². The molecule has 0 unspecified atom stereocenters. The summed E-state index contributed by atoms with van der Waals surface area (Å²) in [7, 11) is 0. The second-order valence-corrected chi connectivity index (χ2v) is 9.12. The summed E-state index contributed by atoms with van der Waals surface area (Å²) < 4.78 is 0. The maximum absolute atomic E-state index is 11.8. The maximum Gasteiger partial charge on any atom is 0.335 e. The van der Waals surface area contributed by atoms with Gasteiger partial charge in [0, 0.05) is 11.1 Å². The van der Waals surface area contributed by atoms with Crippen LogP contribution in [-0.4, -0.2) is 42.1 Å². The Morgan fingerprint density at radius 3 is 1.33 bits per heavy atom. The smallest absolute Gasteiger partial charge is 0.335 e. The quantitative estimate of drug-likeness (QED) is 0.281. The molecule has 0 spiro atoms. The van der Waals surface area contributed by atoms with Gasteiger partial charge >= 0.3 is 11.9 Å². The molecule has 2 heterocycles. The first kappa shape index (κ1) is 25.9. The van der Waals surface area contributed by atoms with Gasteiger partial charge in [0.25, 0.3) is 0 Å². The lowest BCUT2D eigenvalue weighted by atomic mass is 9.92. The van der Waals surface area contributed by atoms with Crippen molar-refractivity contribution in [3.05, 3.63) is 131 Å². The number of rotatable bonds is 3. The number of carbonyl (C=O) groups is 2. The van der Waals surface area contributed by atoms with Crippen LogP contribution in [0.4, 0.5) is 0 Å². The fourth-order valence-electron chi connectivity index (χ4n) is 4.33. The van der Waals surface area contributed by atoms with Gasteiger partial charge in [-0.15, -0.1) is 0 Å². The summed E-state index contributed by atoms with van der Waals surface area (Å²) in [5.74, 6) is 9.85. The fraction of sp³-hybridized carbons (Fsp3) is 0. The molecule has 0 atom stereocenters. The molecule has 42 heavy (non-hydrogen) atoms. The van der Waals surface area contributed by atoms with Gasteiger partial charge in [0.05, 0.1) is 45.6 Å². The Kier molecular flexibility index (Phi) is 6.78. The number of aromatic nitrogens is 4. The number of benzene rings is 4. The fourth-order valence-corrected chi connectivity index (χ4v) is 4.33. The van der Waals surface area contributed by atoms with Crippen LogP contribution in [-0.2, 0) is 0 Å². The van der Waals surface area contributed by atoms with E-state index in [2.05, 4.69) is 43.6 Å². The average Bonchev–Trinajstić information content (AvgIpc) is 3.02. The number of hydrogen-bond acceptors (Lipinski definition) is 6. The Bertz CT molecular complexity index is 2030. The van der Waals surface area contributed by atoms with Gasteiger partial charge in [0.2, 0.25) is 0 Å². The maximum atomic E-state index is 11.8. The van der Waals surface area contributed by atoms with Crippen LogP contribution in [0.3, 0.4) is 0 Å². The van der Waals surface area contributed by atoms with Crippen LogP contribution < -0.4 is 0 Å². The second kappa shape index (κ2) is 11.0. The lowest BCUT2D eigenvalue weighted by Gasteiger charge is -2.10. The first-order chi connectivity index (χ1) is 20.4. The molecule has 0 fully saturated rings. The molecule has 0 amide bonds. The van der Waals surface area contributed by atoms with Crippen LogP contribution in [0.2, 0.25) is 0 Å². The lowest BCUT2D eigenvalue weighted by Crippen LogP contribution is -2.00. The first-order valence-corrected chi connectivity index (χ1v) is 12.7. The van der Waals surface area contributed by atoms with Crippen LogP contribution in [0.1, 0.15) is 43.2 Å². The van der Waals surface area contributed by atoms with Crippen LogP contribution in [0, 0.1) is 23.7 Å². The van der Waals surface area contributed by atoms with E-state index >= 15 is 0 Å². The molecule has 8 heteroatoms. The third kappa shape index (κ3) is 5.37. The van der Waals surface area contributed by atoms with E-state index in [4.69, 9.17) is 0 Å². The Morgan fingerprint density at radius 1 is 0.524 bits per heavy atom. The Balaban J connectivity index is 1.48. The minimum Gasteiger partial charge on any atom is -0.478 e. The van der Waals surface area contributed by atoms with Gasteiger partial charge < -0.3 is 10.2 Å². The molecule has 2 aromatic heterocycles. The van der Waals surface area contributed by atoms with Crippen molar-refractivity contribution in [3.63, 3.8) is 0 Å². The highest BCUT2D eigenvalue weighted by molar-refractivity contribution is 5.92. The van der Waals surface area contributed by atoms with Crippen molar-refractivity contribution in [2.24, 2.45) is 0 Å². The van der Waals surface area contributed by atoms with Crippen LogP contribution in [0.5, 0.6) is 0 Å². The van der Waals surface area contributed by atoms with E-state index in [0.29, 0.717) is 44.7 Å². The standard InChI is InChI=1S/C34H18N4O4/c39-33(40)23-11-15-27(21(17-23)9-13-25-19-35-29-5-1-3-7-31(29)37-25)28-16-12-24(34(41)42)18-22(28)10-14-26-20-36-30-6-2-4-8-32(30)38-26/h1-8,11-12,15-20H,(H,39,40)(H,41,42). The molecule has 2 N–H and O–H groups in total. The lowest BCUT2D eigenvalue weighted by molar-refractivity contribution is 0.0686. The molecule has 0 saturated heterocycles. The van der Waals surface area contributed by atoms with E-state index in [1.165, 1.54) is 24.3 Å². The zero-order chi connectivity index (χ0) is 29.1. The van der Waals surface area contributed by atoms with Crippen molar-refractivity contribution >= 4 is 34.0 Å². The highest BCUT2D eigenvalue weighted by atomic mass is 16.4. The van der Waals surface area contributed by atoms with Gasteiger partial charge in [-0.1, -0.05) is 48.2 Å². The largest absolute Gasteiger partial charge is 0.478 e. The van der Waals surface area contributed by atoms with Gasteiger partial charge in [-0.05, 0) is 71.5 Å². The minimum atomic E-state index is -1.11. The monoisotopic (exact) mass is 546 g/mol. The minimum absolute atomic E-state index is 0.0499. The van der Waals surface area contributed by atoms with Crippen molar-refractivity contribution in [3.8, 4) is 34.8 Å². The molecule has 0 aliphatic rings. The van der Waals surface area contributed by atoms with Gasteiger partial charge in [0.1, 0.15) is 11.4 Å². The summed E-state index contributed by atoms with van der Waals surface area (Å²) in [6, 6.07) is 24.0. The average molecular weight is 547 g/mol. The molecular formula is C34H18N4O4. The van der Waals surface area contributed by atoms with Gasteiger partial charge in [0.15, 0.2) is 0 Å². The van der Waals surface area contributed by atoms with Crippen molar-refractivity contribution in [2.45, 2.75) is 0 Å². The molecule has 0 saturated carbocycles. The van der Waals surface area contributed by atoms with E-state index in [1.807, 2.05) is 48.5 Å². The second-order valence-electron chi connectivity index (χ2n) is 9.12. The number of fused-ring (bicyclic) bond motifs is 2. The van der Waals surface area contributed by atoms with E-state index in [0.717, 1.165) is 11.0 Å². The zero-order valence-corrected chi connectivity index (χ0v) is 21.7. The van der Waals surface area contributed by atoms with Crippen molar-refractivity contribution in [1.82, 2.24) is 19.9 Å². The van der Waals surface area contributed by atoms with Crippen molar-refractivity contribution < 1.29 is 19.8 Å². The van der Waals surface area contributed by atoms with Gasteiger partial charge in [-0.25, -0.2) is 19.6 Å². The molecule has 0 aliphatic heterocycles. The predicted molar refractivity (Wildman–Crippen MR) is 157 cm³/mol. The Hall–Kier alpha value is -6.38. The molecule has 198 valence electrons. The Labute approximate surface area is 239 Å². The highest BCUT2D eigenvalue weighted by Crippen LogP contribution is 2.29. The summed E-state index contributed by atoms with van der Waals surface area (Å²) in [5.41, 5.74) is 5.71. The van der Waals surface area contributed by atoms with Crippen LogP contribution in [0.15, 0.2) is 97.3 Å². The van der Waals surface area contributed by atoms with E-state index in [-0.39, 0.29) is 11.1 Å². The van der Waals surface area contributed by atoms with Gasteiger partial charge in [-0.2, -0.15) is 0 Å². The number of nitrogens with zero attached hydrogens (tertiary/aromatic N) is 4. The number of para-hydroxylation sites is 4. The number of carboxylic acids is 2. The van der Waals surface area contributed by atoms with E-state index in [9.17, 15) is 19.8 Å². The van der Waals surface area contributed by atoms with Gasteiger partial charge in [-0.3, -0.25) is 9.97 Å². The normalized spacial score (nSPS) is 10.4. The third-order valence-corrected chi connectivity index (χ3v) is 6.37. The Morgan fingerprint density at radius 2 is 0.929 bits per heavy atom. The zero-order valence-electron chi connectivity index (χ0n) is 21.7. The van der Waals surface area contributed by atoms with Crippen molar-refractivity contribution in [1.29, 1.82) is 0 Å². The highest BCUT2D eigenvalue weighted by Gasteiger charge is 2.14. The summed E-state index contributed by atoms with van der Waals surface area (Å²) in [6.07, 6.45) is 3.11. The molecule has 0 radical (unpaired) electrons. The first-order valence-electron chi connectivity index (χ1n) is 12.7. The number of carboxylic acid groups (broad SMARTS) is 2. The van der Waals surface area contributed by atoms with Crippen LogP contribution >= 0.6 is 0 Å². The number of hydrogen-bond donors (Lipinski definition) is 2. The summed E-state index contributed by atoms with van der Waals surface area (Å²) in [6.45, 7) is 0.